The fourth-order valence-corrected chi connectivity index (χ4v) is 6.18. The summed E-state index contributed by atoms with van der Waals surface area (Å²) in [5.74, 6) is 0. The van der Waals surface area contributed by atoms with Gasteiger partial charge in [-0.15, -0.1) is 22.7 Å². The second-order valence-electron chi connectivity index (χ2n) is 4.91. The largest absolute Gasteiger partial charge is 0.315 e. The number of nitrogens with one attached hydrogen (secondary N) is 1. The number of rotatable bonds is 6. The van der Waals surface area contributed by atoms with E-state index in [1.807, 2.05) is 43.8 Å². The van der Waals surface area contributed by atoms with Crippen LogP contribution in [0.2, 0.25) is 0 Å². The van der Waals surface area contributed by atoms with Crippen LogP contribution in [0.3, 0.4) is 0 Å². The standard InChI is InChI=1S/C14H20N2O2S3/c1-10-9-20-13(8-15-3)14(10)21(17,18)16(4)11(2)12-6-5-7-19-12/h5-7,9,11,15H,8H2,1-4H3. The minimum absolute atomic E-state index is 0.170. The molecule has 0 radical (unpaired) electrons. The van der Waals surface area contributed by atoms with E-state index in [0.29, 0.717) is 11.4 Å². The summed E-state index contributed by atoms with van der Waals surface area (Å²) in [6.45, 7) is 4.34. The van der Waals surface area contributed by atoms with Gasteiger partial charge in [-0.25, -0.2) is 8.42 Å². The molecule has 0 bridgehead atoms. The number of aryl methyl sites for hydroxylation is 1. The van der Waals surface area contributed by atoms with Gasteiger partial charge in [-0.3, -0.25) is 0 Å². The summed E-state index contributed by atoms with van der Waals surface area (Å²) in [5.41, 5.74) is 0.815. The Balaban J connectivity index is 2.40. The van der Waals surface area contributed by atoms with Crippen molar-refractivity contribution in [1.29, 1.82) is 0 Å². The van der Waals surface area contributed by atoms with Crippen molar-refractivity contribution in [3.63, 3.8) is 0 Å². The predicted molar refractivity (Wildman–Crippen MR) is 89.5 cm³/mol. The Labute approximate surface area is 134 Å². The molecule has 2 rings (SSSR count). The molecule has 116 valence electrons. The molecule has 0 aromatic carbocycles. The van der Waals surface area contributed by atoms with E-state index in [2.05, 4.69) is 5.32 Å². The average Bonchev–Trinajstić information content (AvgIpc) is 3.07. The van der Waals surface area contributed by atoms with Crippen molar-refractivity contribution in [2.75, 3.05) is 14.1 Å². The van der Waals surface area contributed by atoms with Crippen LogP contribution in [0.25, 0.3) is 0 Å². The smallest absolute Gasteiger partial charge is 0.244 e. The molecule has 0 aliphatic rings. The summed E-state index contributed by atoms with van der Waals surface area (Å²) in [4.78, 5) is 2.36. The molecule has 2 heterocycles. The molecule has 1 atom stereocenters. The topological polar surface area (TPSA) is 49.4 Å². The molecule has 0 saturated carbocycles. The van der Waals surface area contributed by atoms with Gasteiger partial charge in [0.05, 0.1) is 6.04 Å². The molecule has 0 aliphatic heterocycles. The van der Waals surface area contributed by atoms with Crippen molar-refractivity contribution in [3.8, 4) is 0 Å². The quantitative estimate of drug-likeness (QED) is 0.875. The molecule has 0 saturated heterocycles. The minimum Gasteiger partial charge on any atom is -0.315 e. The Morgan fingerprint density at radius 2 is 2.10 bits per heavy atom. The second-order valence-corrected chi connectivity index (χ2v) is 8.79. The normalized spacial score (nSPS) is 13.8. The van der Waals surface area contributed by atoms with Crippen LogP contribution in [0.5, 0.6) is 0 Å². The fraction of sp³-hybridized carbons (Fsp3) is 0.429. The zero-order chi connectivity index (χ0) is 15.6. The van der Waals surface area contributed by atoms with Crippen LogP contribution in [0.4, 0.5) is 0 Å². The molecule has 0 fully saturated rings. The highest BCUT2D eigenvalue weighted by molar-refractivity contribution is 7.89. The number of sulfonamides is 1. The van der Waals surface area contributed by atoms with Gasteiger partial charge in [0.25, 0.3) is 0 Å². The first kappa shape index (κ1) is 16.6. The van der Waals surface area contributed by atoms with E-state index in [-0.39, 0.29) is 6.04 Å². The third kappa shape index (κ3) is 3.22. The molecule has 0 amide bonds. The van der Waals surface area contributed by atoms with E-state index in [4.69, 9.17) is 0 Å². The van der Waals surface area contributed by atoms with E-state index in [1.54, 1.807) is 18.4 Å². The minimum atomic E-state index is -3.49. The lowest BCUT2D eigenvalue weighted by Gasteiger charge is -2.24. The van der Waals surface area contributed by atoms with Crippen molar-refractivity contribution in [2.45, 2.75) is 31.3 Å². The fourth-order valence-electron chi connectivity index (χ4n) is 2.18. The maximum atomic E-state index is 13.0. The lowest BCUT2D eigenvalue weighted by molar-refractivity contribution is 0.402. The van der Waals surface area contributed by atoms with Crippen LogP contribution in [0, 0.1) is 6.92 Å². The van der Waals surface area contributed by atoms with E-state index in [1.165, 1.54) is 15.6 Å². The van der Waals surface area contributed by atoms with Crippen molar-refractivity contribution in [3.05, 3.63) is 38.2 Å². The van der Waals surface area contributed by atoms with Gasteiger partial charge in [-0.1, -0.05) is 6.07 Å². The van der Waals surface area contributed by atoms with Crippen LogP contribution in [0.1, 0.15) is 28.3 Å². The molecular formula is C14H20N2O2S3. The lowest BCUT2D eigenvalue weighted by Crippen LogP contribution is -2.30. The summed E-state index contributed by atoms with van der Waals surface area (Å²) in [6, 6.07) is 3.74. The third-order valence-corrected chi connectivity index (χ3v) is 7.90. The number of hydrogen-bond donors (Lipinski definition) is 1. The second kappa shape index (κ2) is 6.58. The number of thiophene rings is 2. The highest BCUT2D eigenvalue weighted by atomic mass is 32.2. The maximum absolute atomic E-state index is 13.0. The molecular weight excluding hydrogens is 324 g/mol. The molecule has 21 heavy (non-hydrogen) atoms. The Hall–Kier alpha value is -0.730. The predicted octanol–water partition coefficient (Wildman–Crippen LogP) is 3.22. The van der Waals surface area contributed by atoms with Crippen LogP contribution < -0.4 is 5.32 Å². The molecule has 2 aromatic heterocycles. The van der Waals surface area contributed by atoms with E-state index in [9.17, 15) is 8.42 Å². The molecule has 4 nitrogen and oxygen atoms in total. The summed E-state index contributed by atoms with van der Waals surface area (Å²) >= 11 is 3.06. The van der Waals surface area contributed by atoms with E-state index < -0.39 is 10.0 Å². The van der Waals surface area contributed by atoms with Gasteiger partial charge in [0.2, 0.25) is 10.0 Å². The van der Waals surface area contributed by atoms with Crippen LogP contribution in [-0.4, -0.2) is 26.8 Å². The molecule has 0 spiro atoms. The van der Waals surface area contributed by atoms with Gasteiger partial charge >= 0.3 is 0 Å². The summed E-state index contributed by atoms with van der Waals surface area (Å²) in [6.07, 6.45) is 0. The molecule has 1 unspecified atom stereocenters. The Kier molecular flexibility index (Phi) is 5.21. The van der Waals surface area contributed by atoms with Gasteiger partial charge in [-0.2, -0.15) is 4.31 Å². The van der Waals surface area contributed by atoms with Gasteiger partial charge in [0, 0.05) is 23.3 Å². The average molecular weight is 345 g/mol. The third-order valence-electron chi connectivity index (χ3n) is 3.46. The van der Waals surface area contributed by atoms with Gasteiger partial charge in [-0.05, 0) is 43.3 Å². The number of nitrogens with zero attached hydrogens (tertiary/aromatic N) is 1. The summed E-state index contributed by atoms with van der Waals surface area (Å²) in [7, 11) is -0.0184. The Bertz CT molecular complexity index is 690. The van der Waals surface area contributed by atoms with E-state index >= 15 is 0 Å². The first-order valence-electron chi connectivity index (χ1n) is 6.62. The van der Waals surface area contributed by atoms with E-state index in [0.717, 1.165) is 15.3 Å². The van der Waals surface area contributed by atoms with Crippen molar-refractivity contribution >= 4 is 32.7 Å². The van der Waals surface area contributed by atoms with Crippen molar-refractivity contribution < 1.29 is 8.42 Å². The molecule has 1 N–H and O–H groups in total. The van der Waals surface area contributed by atoms with Crippen LogP contribution in [-0.2, 0) is 16.6 Å². The maximum Gasteiger partial charge on any atom is 0.244 e. The van der Waals surface area contributed by atoms with Crippen LogP contribution in [0.15, 0.2) is 27.8 Å². The van der Waals surface area contributed by atoms with Crippen molar-refractivity contribution in [1.82, 2.24) is 9.62 Å². The molecule has 2 aromatic rings. The van der Waals surface area contributed by atoms with Gasteiger partial charge in [0.1, 0.15) is 4.90 Å². The monoisotopic (exact) mass is 344 g/mol. The summed E-state index contributed by atoms with van der Waals surface area (Å²) in [5, 5.41) is 6.91. The first-order chi connectivity index (χ1) is 9.89. The number of hydrogen-bond acceptors (Lipinski definition) is 5. The zero-order valence-corrected chi connectivity index (χ0v) is 15.0. The molecule has 0 aliphatic carbocycles. The van der Waals surface area contributed by atoms with Crippen molar-refractivity contribution in [2.24, 2.45) is 0 Å². The SMILES string of the molecule is CNCc1scc(C)c1S(=O)(=O)N(C)C(C)c1cccs1. The zero-order valence-electron chi connectivity index (χ0n) is 12.6. The Morgan fingerprint density at radius 1 is 1.38 bits per heavy atom. The van der Waals surface area contributed by atoms with Gasteiger partial charge < -0.3 is 5.32 Å². The highest BCUT2D eigenvalue weighted by Crippen LogP contribution is 2.33. The van der Waals surface area contributed by atoms with Crippen LogP contribution >= 0.6 is 22.7 Å². The van der Waals surface area contributed by atoms with Gasteiger partial charge in [0.15, 0.2) is 0 Å². The Morgan fingerprint density at radius 3 is 2.67 bits per heavy atom. The highest BCUT2D eigenvalue weighted by Gasteiger charge is 2.31. The molecule has 7 heteroatoms. The summed E-state index contributed by atoms with van der Waals surface area (Å²) < 4.78 is 27.4. The first-order valence-corrected chi connectivity index (χ1v) is 9.82. The lowest BCUT2D eigenvalue weighted by atomic mass is 10.3.